The van der Waals surface area contributed by atoms with E-state index in [9.17, 15) is 4.79 Å². The van der Waals surface area contributed by atoms with Crippen LogP contribution in [0.4, 0.5) is 0 Å². The summed E-state index contributed by atoms with van der Waals surface area (Å²) in [5.74, 6) is 0.767. The van der Waals surface area contributed by atoms with E-state index in [1.54, 1.807) is 0 Å². The van der Waals surface area contributed by atoms with Gasteiger partial charge in [-0.2, -0.15) is 0 Å². The average Bonchev–Trinajstić information content (AvgIpc) is 3.00. The van der Waals surface area contributed by atoms with Gasteiger partial charge in [-0.05, 0) is 66.7 Å². The number of benzene rings is 2. The van der Waals surface area contributed by atoms with Gasteiger partial charge in [0.05, 0.1) is 13.2 Å². The molecule has 2 aliphatic rings. The van der Waals surface area contributed by atoms with Gasteiger partial charge in [0.15, 0.2) is 0 Å². The van der Waals surface area contributed by atoms with Crippen LogP contribution in [0.25, 0.3) is 0 Å². The molecule has 0 amide bonds. The minimum absolute atomic E-state index is 0.0361. The maximum Gasteiger partial charge on any atom is 0.317 e. The third kappa shape index (κ3) is 4.45. The number of piperidine rings is 1. The summed E-state index contributed by atoms with van der Waals surface area (Å²) in [4.78, 5) is 12.9. The molecule has 154 valence electrons. The van der Waals surface area contributed by atoms with Crippen LogP contribution in [0.2, 0.25) is 10.0 Å². The van der Waals surface area contributed by atoms with Gasteiger partial charge in [0.2, 0.25) is 0 Å². The van der Waals surface area contributed by atoms with Gasteiger partial charge in [-0.25, -0.2) is 0 Å². The van der Waals surface area contributed by atoms with Crippen LogP contribution >= 0.6 is 45.8 Å². The molecule has 0 aromatic heterocycles. The Morgan fingerprint density at radius 3 is 2.55 bits per heavy atom. The third-order valence-electron chi connectivity index (χ3n) is 5.69. The predicted molar refractivity (Wildman–Crippen MR) is 120 cm³/mol. The molecule has 2 aromatic rings. The first-order valence-electron chi connectivity index (χ1n) is 9.34. The Bertz CT molecular complexity index is 921. The molecule has 4 rings (SSSR count). The topological polar surface area (TPSA) is 59.0 Å². The number of ether oxygens (including phenoxy) is 2. The summed E-state index contributed by atoms with van der Waals surface area (Å²) < 4.78 is 12.9. The number of rotatable bonds is 5. The smallest absolute Gasteiger partial charge is 0.317 e. The predicted octanol–water partition coefficient (Wildman–Crippen LogP) is 4.99. The number of aliphatic carboxylic acids is 1. The Morgan fingerprint density at radius 1 is 1.21 bits per heavy atom. The van der Waals surface area contributed by atoms with E-state index in [0.717, 1.165) is 40.8 Å². The third-order valence-corrected chi connectivity index (χ3v) is 6.99. The van der Waals surface area contributed by atoms with E-state index in [2.05, 4.69) is 28.7 Å². The lowest BCUT2D eigenvalue weighted by molar-refractivity contribution is -0.138. The molecule has 1 N–H and O–H groups in total. The van der Waals surface area contributed by atoms with Crippen molar-refractivity contribution in [1.82, 2.24) is 4.90 Å². The van der Waals surface area contributed by atoms with Crippen molar-refractivity contribution < 1.29 is 19.4 Å². The first kappa shape index (κ1) is 21.0. The molecule has 0 saturated carbocycles. The van der Waals surface area contributed by atoms with Gasteiger partial charge in [0.25, 0.3) is 0 Å². The quantitative estimate of drug-likeness (QED) is 0.535. The van der Waals surface area contributed by atoms with E-state index >= 15 is 0 Å². The van der Waals surface area contributed by atoms with Gasteiger partial charge >= 0.3 is 5.97 Å². The summed E-state index contributed by atoms with van der Waals surface area (Å²) in [5, 5.41) is 10.2. The molecule has 29 heavy (non-hydrogen) atoms. The maximum absolute atomic E-state index is 10.9. The van der Waals surface area contributed by atoms with E-state index in [4.69, 9.17) is 37.8 Å². The van der Waals surface area contributed by atoms with E-state index in [1.165, 1.54) is 5.56 Å². The van der Waals surface area contributed by atoms with Crippen molar-refractivity contribution in [2.24, 2.45) is 0 Å². The van der Waals surface area contributed by atoms with Crippen LogP contribution in [-0.4, -0.2) is 42.2 Å². The second-order valence-electron chi connectivity index (χ2n) is 7.53. The molecule has 0 atom stereocenters. The Balaban J connectivity index is 1.45. The molecule has 2 aliphatic heterocycles. The van der Waals surface area contributed by atoms with Gasteiger partial charge in [0, 0.05) is 36.2 Å². The lowest BCUT2D eigenvalue weighted by atomic mass is 9.74. The summed E-state index contributed by atoms with van der Waals surface area (Å²) in [7, 11) is 0. The molecule has 1 saturated heterocycles. The van der Waals surface area contributed by atoms with E-state index < -0.39 is 5.97 Å². The minimum Gasteiger partial charge on any atom is -0.492 e. The van der Waals surface area contributed by atoms with E-state index in [0.29, 0.717) is 22.4 Å². The van der Waals surface area contributed by atoms with Crippen LogP contribution in [0, 0.1) is 3.57 Å². The minimum atomic E-state index is -0.779. The van der Waals surface area contributed by atoms with Crippen molar-refractivity contribution in [3.8, 4) is 11.5 Å². The van der Waals surface area contributed by atoms with Crippen molar-refractivity contribution in [3.05, 3.63) is 55.1 Å². The highest BCUT2D eigenvalue weighted by molar-refractivity contribution is 14.1. The highest BCUT2D eigenvalue weighted by Gasteiger charge is 2.43. The largest absolute Gasteiger partial charge is 0.492 e. The van der Waals surface area contributed by atoms with Crippen LogP contribution in [0.1, 0.15) is 24.0 Å². The number of fused-ring (bicyclic) bond motifs is 2. The number of likely N-dealkylation sites (tertiary alicyclic amines) is 1. The van der Waals surface area contributed by atoms with Gasteiger partial charge in [-0.15, -0.1) is 0 Å². The van der Waals surface area contributed by atoms with Gasteiger partial charge in [0.1, 0.15) is 18.1 Å². The zero-order chi connectivity index (χ0) is 20.6. The SMILES string of the molecule is O=C(O)CN1CCC2(CC1)COc1cc(OCc3c(Cl)cc(I)cc3Cl)ccc12. The summed E-state index contributed by atoms with van der Waals surface area (Å²) in [6.07, 6.45) is 1.78. The Hall–Kier alpha value is -1.22. The van der Waals surface area contributed by atoms with E-state index in [-0.39, 0.29) is 18.6 Å². The molecule has 0 unspecified atom stereocenters. The molecule has 0 aliphatic carbocycles. The number of carboxylic acids is 1. The number of carboxylic acid groups (broad SMARTS) is 1. The molecular formula is C21H20Cl2INO4. The lowest BCUT2D eigenvalue weighted by Crippen LogP contribution is -2.45. The van der Waals surface area contributed by atoms with Crippen molar-refractivity contribution in [3.63, 3.8) is 0 Å². The number of halogens is 3. The van der Waals surface area contributed by atoms with Gasteiger partial charge < -0.3 is 14.6 Å². The fraction of sp³-hybridized carbons (Fsp3) is 0.381. The van der Waals surface area contributed by atoms with Crippen LogP contribution in [-0.2, 0) is 16.8 Å². The summed E-state index contributed by atoms with van der Waals surface area (Å²) in [5.41, 5.74) is 1.91. The Morgan fingerprint density at radius 2 is 1.90 bits per heavy atom. The van der Waals surface area contributed by atoms with E-state index in [1.807, 2.05) is 29.2 Å². The average molecular weight is 548 g/mol. The first-order chi connectivity index (χ1) is 13.9. The molecular weight excluding hydrogens is 528 g/mol. The summed E-state index contributed by atoms with van der Waals surface area (Å²) >= 11 is 14.8. The molecule has 1 fully saturated rings. The zero-order valence-corrected chi connectivity index (χ0v) is 19.3. The number of carbonyl (C=O) groups is 1. The van der Waals surface area contributed by atoms with Crippen molar-refractivity contribution in [1.29, 1.82) is 0 Å². The molecule has 2 heterocycles. The molecule has 0 bridgehead atoms. The molecule has 5 nitrogen and oxygen atoms in total. The second-order valence-corrected chi connectivity index (χ2v) is 9.59. The van der Waals surface area contributed by atoms with Gasteiger partial charge in [-0.3, -0.25) is 9.69 Å². The molecule has 2 aromatic carbocycles. The van der Waals surface area contributed by atoms with Crippen molar-refractivity contribution in [2.45, 2.75) is 24.9 Å². The highest BCUT2D eigenvalue weighted by atomic mass is 127. The molecule has 0 radical (unpaired) electrons. The summed E-state index contributed by atoms with van der Waals surface area (Å²) in [6.45, 7) is 2.53. The Labute approximate surface area is 193 Å². The standard InChI is InChI=1S/C21H20Cl2INO4/c22-17-7-13(24)8-18(23)15(17)11-28-14-1-2-16-19(9-14)29-12-21(16)3-5-25(6-4-21)10-20(26)27/h1-2,7-9H,3-6,10-12H2,(H,26,27). The maximum atomic E-state index is 10.9. The fourth-order valence-corrected chi connectivity index (χ4v) is 5.64. The van der Waals surface area contributed by atoms with Gasteiger partial charge in [-0.1, -0.05) is 29.3 Å². The van der Waals surface area contributed by atoms with Crippen molar-refractivity contribution >= 4 is 51.8 Å². The van der Waals surface area contributed by atoms with Crippen molar-refractivity contribution in [2.75, 3.05) is 26.2 Å². The molecule has 1 spiro atoms. The first-order valence-corrected chi connectivity index (χ1v) is 11.2. The number of hydrogen-bond donors (Lipinski definition) is 1. The zero-order valence-electron chi connectivity index (χ0n) is 15.6. The Kier molecular flexibility index (Phi) is 6.16. The lowest BCUT2D eigenvalue weighted by Gasteiger charge is -2.37. The van der Waals surface area contributed by atoms with Crippen LogP contribution in [0.3, 0.4) is 0 Å². The number of nitrogens with zero attached hydrogens (tertiary/aromatic N) is 1. The van der Waals surface area contributed by atoms with Crippen LogP contribution in [0.5, 0.6) is 11.5 Å². The second kappa shape index (κ2) is 8.49. The molecule has 8 heteroatoms. The number of hydrogen-bond acceptors (Lipinski definition) is 4. The van der Waals surface area contributed by atoms with Crippen LogP contribution in [0.15, 0.2) is 30.3 Å². The monoisotopic (exact) mass is 547 g/mol. The summed E-state index contributed by atoms with van der Waals surface area (Å²) in [6, 6.07) is 9.66. The highest BCUT2D eigenvalue weighted by Crippen LogP contribution is 2.46. The fourth-order valence-electron chi connectivity index (χ4n) is 4.05. The van der Waals surface area contributed by atoms with Crippen LogP contribution < -0.4 is 9.47 Å². The normalized spacial score (nSPS) is 17.8.